The van der Waals surface area contributed by atoms with Crippen molar-refractivity contribution < 1.29 is 4.74 Å². The van der Waals surface area contributed by atoms with Gasteiger partial charge in [0, 0.05) is 6.54 Å². The molecule has 5 heteroatoms. The molecule has 0 unspecified atom stereocenters. The summed E-state index contributed by atoms with van der Waals surface area (Å²) in [5.74, 6) is 1.38. The molecule has 2 rings (SSSR count). The molecule has 2 aromatic heterocycles. The molecule has 0 amide bonds. The first kappa shape index (κ1) is 14.1. The minimum absolute atomic E-state index is 0.669. The van der Waals surface area contributed by atoms with Crippen molar-refractivity contribution in [2.24, 2.45) is 0 Å². The normalized spacial score (nSPS) is 10.8. The molecule has 0 aromatic carbocycles. The van der Waals surface area contributed by atoms with E-state index in [4.69, 9.17) is 4.74 Å². The molecular formula is C14H21N3OS. The third kappa shape index (κ3) is 3.80. The summed E-state index contributed by atoms with van der Waals surface area (Å²) >= 11 is 1.62. The Morgan fingerprint density at radius 3 is 2.89 bits per heavy atom. The number of aromatic nitrogens is 2. The summed E-state index contributed by atoms with van der Waals surface area (Å²) in [7, 11) is 0. The zero-order chi connectivity index (χ0) is 13.5. The molecule has 104 valence electrons. The van der Waals surface area contributed by atoms with E-state index in [1.165, 1.54) is 12.8 Å². The molecule has 2 heterocycles. The standard InChI is InChI=1S/C14H21N3OS/c1-3-5-6-9-18-12-11-7-10-19-13(11)17-14(16-12)15-8-4-2/h7,10H,3-6,8-9H2,1-2H3,(H,15,16,17). The van der Waals surface area contributed by atoms with Crippen molar-refractivity contribution in [3.8, 4) is 5.88 Å². The Morgan fingerprint density at radius 2 is 2.11 bits per heavy atom. The zero-order valence-corrected chi connectivity index (χ0v) is 12.4. The number of fused-ring (bicyclic) bond motifs is 1. The summed E-state index contributed by atoms with van der Waals surface area (Å²) in [6.07, 6.45) is 4.52. The van der Waals surface area contributed by atoms with E-state index >= 15 is 0 Å². The van der Waals surface area contributed by atoms with Crippen molar-refractivity contribution in [1.82, 2.24) is 9.97 Å². The van der Waals surface area contributed by atoms with Crippen LogP contribution in [0.1, 0.15) is 39.5 Å². The minimum Gasteiger partial charge on any atom is -0.477 e. The highest BCUT2D eigenvalue weighted by molar-refractivity contribution is 7.16. The molecule has 0 saturated heterocycles. The van der Waals surface area contributed by atoms with E-state index in [1.54, 1.807) is 11.3 Å². The number of unbranched alkanes of at least 4 members (excludes halogenated alkanes) is 2. The van der Waals surface area contributed by atoms with Crippen LogP contribution in [0.15, 0.2) is 11.4 Å². The molecule has 4 nitrogen and oxygen atoms in total. The quantitative estimate of drug-likeness (QED) is 0.740. The van der Waals surface area contributed by atoms with Gasteiger partial charge in [0.15, 0.2) is 0 Å². The van der Waals surface area contributed by atoms with Crippen molar-refractivity contribution in [3.63, 3.8) is 0 Å². The van der Waals surface area contributed by atoms with Gasteiger partial charge in [-0.15, -0.1) is 11.3 Å². The van der Waals surface area contributed by atoms with Gasteiger partial charge in [-0.1, -0.05) is 26.7 Å². The molecule has 0 aliphatic rings. The van der Waals surface area contributed by atoms with Crippen molar-refractivity contribution in [2.45, 2.75) is 39.5 Å². The van der Waals surface area contributed by atoms with Crippen LogP contribution in [0.2, 0.25) is 0 Å². The molecular weight excluding hydrogens is 258 g/mol. The van der Waals surface area contributed by atoms with Crippen molar-refractivity contribution in [2.75, 3.05) is 18.5 Å². The summed E-state index contributed by atoms with van der Waals surface area (Å²) in [5, 5.41) is 6.27. The van der Waals surface area contributed by atoms with Crippen molar-refractivity contribution >= 4 is 27.5 Å². The minimum atomic E-state index is 0.669. The number of thiophene rings is 1. The number of nitrogens with zero attached hydrogens (tertiary/aromatic N) is 2. The fourth-order valence-electron chi connectivity index (χ4n) is 1.78. The molecule has 0 atom stereocenters. The number of rotatable bonds is 8. The molecule has 0 spiro atoms. The molecule has 2 aromatic rings. The Morgan fingerprint density at radius 1 is 1.21 bits per heavy atom. The lowest BCUT2D eigenvalue weighted by atomic mass is 10.3. The van der Waals surface area contributed by atoms with Crippen LogP contribution in [0.5, 0.6) is 5.88 Å². The van der Waals surface area contributed by atoms with Gasteiger partial charge in [0.1, 0.15) is 4.83 Å². The Kier molecular flexibility index (Phi) is 5.39. The van der Waals surface area contributed by atoms with Crippen LogP contribution in [0.4, 0.5) is 5.95 Å². The van der Waals surface area contributed by atoms with Gasteiger partial charge < -0.3 is 10.1 Å². The smallest absolute Gasteiger partial charge is 0.227 e. The van der Waals surface area contributed by atoms with Crippen LogP contribution >= 0.6 is 11.3 Å². The predicted octanol–water partition coefficient (Wildman–Crippen LogP) is 4.08. The van der Waals surface area contributed by atoms with Crippen LogP contribution in [0.25, 0.3) is 10.2 Å². The van der Waals surface area contributed by atoms with Gasteiger partial charge in [-0.2, -0.15) is 4.98 Å². The highest BCUT2D eigenvalue weighted by Crippen LogP contribution is 2.28. The van der Waals surface area contributed by atoms with Gasteiger partial charge in [0.25, 0.3) is 0 Å². The van der Waals surface area contributed by atoms with E-state index in [0.29, 0.717) is 11.8 Å². The number of anilines is 1. The second-order valence-corrected chi connectivity index (χ2v) is 5.37. The second-order valence-electron chi connectivity index (χ2n) is 4.47. The molecule has 19 heavy (non-hydrogen) atoms. The first-order valence-electron chi connectivity index (χ1n) is 6.97. The molecule has 0 aliphatic carbocycles. The van der Waals surface area contributed by atoms with E-state index in [1.807, 2.05) is 11.4 Å². The molecule has 0 fully saturated rings. The number of ether oxygens (including phenoxy) is 1. The second kappa shape index (κ2) is 7.28. The fourth-order valence-corrected chi connectivity index (χ4v) is 2.53. The Balaban J connectivity index is 2.12. The SMILES string of the molecule is CCCCCOc1nc(NCCC)nc2sccc12. The van der Waals surface area contributed by atoms with Gasteiger partial charge in [-0.3, -0.25) is 0 Å². The Labute approximate surface area is 118 Å². The first-order valence-corrected chi connectivity index (χ1v) is 7.85. The zero-order valence-electron chi connectivity index (χ0n) is 11.6. The van der Waals surface area contributed by atoms with Crippen LogP contribution in [-0.4, -0.2) is 23.1 Å². The summed E-state index contributed by atoms with van der Waals surface area (Å²) in [4.78, 5) is 9.95. The predicted molar refractivity (Wildman–Crippen MR) is 81.2 cm³/mol. The molecule has 0 saturated carbocycles. The third-order valence-corrected chi connectivity index (χ3v) is 3.62. The van der Waals surface area contributed by atoms with E-state index in [2.05, 4.69) is 29.1 Å². The lowest BCUT2D eigenvalue weighted by Gasteiger charge is -2.08. The summed E-state index contributed by atoms with van der Waals surface area (Å²) in [5.41, 5.74) is 0. The Hall–Kier alpha value is -1.36. The lowest BCUT2D eigenvalue weighted by Crippen LogP contribution is -2.06. The summed E-state index contributed by atoms with van der Waals surface area (Å²) in [6.45, 7) is 5.92. The van der Waals surface area contributed by atoms with Crippen LogP contribution in [0.3, 0.4) is 0 Å². The maximum atomic E-state index is 5.82. The average molecular weight is 279 g/mol. The van der Waals surface area contributed by atoms with E-state index in [-0.39, 0.29) is 0 Å². The maximum Gasteiger partial charge on any atom is 0.227 e. The summed E-state index contributed by atoms with van der Waals surface area (Å²) < 4.78 is 5.82. The van der Waals surface area contributed by atoms with Crippen LogP contribution < -0.4 is 10.1 Å². The van der Waals surface area contributed by atoms with Gasteiger partial charge in [-0.05, 0) is 24.3 Å². The highest BCUT2D eigenvalue weighted by Gasteiger charge is 2.09. The molecule has 0 bridgehead atoms. The number of hydrogen-bond donors (Lipinski definition) is 1. The largest absolute Gasteiger partial charge is 0.477 e. The summed E-state index contributed by atoms with van der Waals surface area (Å²) in [6, 6.07) is 2.03. The highest BCUT2D eigenvalue weighted by atomic mass is 32.1. The van der Waals surface area contributed by atoms with Crippen molar-refractivity contribution in [1.29, 1.82) is 0 Å². The van der Waals surface area contributed by atoms with Crippen LogP contribution in [-0.2, 0) is 0 Å². The fraction of sp³-hybridized carbons (Fsp3) is 0.571. The van der Waals surface area contributed by atoms with Gasteiger partial charge in [0.2, 0.25) is 11.8 Å². The monoisotopic (exact) mass is 279 g/mol. The Bertz CT molecular complexity index is 512. The number of nitrogens with one attached hydrogen (secondary N) is 1. The van der Waals surface area contributed by atoms with E-state index in [0.717, 1.165) is 36.2 Å². The molecule has 0 aliphatic heterocycles. The van der Waals surface area contributed by atoms with E-state index in [9.17, 15) is 0 Å². The third-order valence-electron chi connectivity index (χ3n) is 2.81. The number of hydrogen-bond acceptors (Lipinski definition) is 5. The molecule has 1 N–H and O–H groups in total. The lowest BCUT2D eigenvalue weighted by molar-refractivity contribution is 0.299. The maximum absolute atomic E-state index is 5.82. The van der Waals surface area contributed by atoms with Crippen molar-refractivity contribution in [3.05, 3.63) is 11.4 Å². The molecule has 0 radical (unpaired) electrons. The first-order chi connectivity index (χ1) is 9.35. The van der Waals surface area contributed by atoms with Gasteiger partial charge in [-0.25, -0.2) is 4.98 Å². The van der Waals surface area contributed by atoms with Gasteiger partial charge >= 0.3 is 0 Å². The average Bonchev–Trinajstić information content (AvgIpc) is 2.89. The van der Waals surface area contributed by atoms with Crippen LogP contribution in [0, 0.1) is 0 Å². The van der Waals surface area contributed by atoms with E-state index < -0.39 is 0 Å². The van der Waals surface area contributed by atoms with Gasteiger partial charge in [0.05, 0.1) is 12.0 Å². The topological polar surface area (TPSA) is 47.0 Å².